The van der Waals surface area contributed by atoms with Gasteiger partial charge in [0.25, 0.3) is 0 Å². The molecule has 3 N–H and O–H groups in total. The molecule has 0 aliphatic heterocycles. The van der Waals surface area contributed by atoms with E-state index in [0.717, 1.165) is 16.7 Å². The van der Waals surface area contributed by atoms with Crippen LogP contribution in [0.5, 0.6) is 0 Å². The molecule has 3 aromatic heterocycles. The molecule has 40 heavy (non-hydrogen) atoms. The molecule has 0 bridgehead atoms. The van der Waals surface area contributed by atoms with Gasteiger partial charge in [-0.3, -0.25) is 10.1 Å². The van der Waals surface area contributed by atoms with Crippen LogP contribution in [0.1, 0.15) is 27.0 Å². The molecule has 1 atom stereocenters. The summed E-state index contributed by atoms with van der Waals surface area (Å²) in [5.74, 6) is -1.34. The van der Waals surface area contributed by atoms with Crippen molar-refractivity contribution in [3.8, 4) is 21.7 Å². The number of hydrogen-bond donors (Lipinski definition) is 3. The van der Waals surface area contributed by atoms with Gasteiger partial charge in [0.2, 0.25) is 5.43 Å². The average molecular weight is 687 g/mol. The first-order valence-corrected chi connectivity index (χ1v) is 13.7. The van der Waals surface area contributed by atoms with Crippen LogP contribution in [0.15, 0.2) is 46.8 Å². The van der Waals surface area contributed by atoms with Crippen molar-refractivity contribution in [2.24, 2.45) is 0 Å². The van der Waals surface area contributed by atoms with Crippen molar-refractivity contribution >= 4 is 62.6 Å². The molecular formula is C25H21F3IN5O5S. The Labute approximate surface area is 242 Å². The molecule has 0 aliphatic carbocycles. The van der Waals surface area contributed by atoms with Gasteiger partial charge in [-0.05, 0) is 30.7 Å². The van der Waals surface area contributed by atoms with E-state index in [1.54, 1.807) is 23.6 Å². The quantitative estimate of drug-likeness (QED) is 0.162. The molecule has 10 nitrogen and oxygen atoms in total. The van der Waals surface area contributed by atoms with Crippen molar-refractivity contribution in [3.63, 3.8) is 0 Å². The number of nitrogens with zero attached hydrogens (tertiary/aromatic N) is 3. The third kappa shape index (κ3) is 6.10. The second-order valence-electron chi connectivity index (χ2n) is 8.34. The predicted molar refractivity (Wildman–Crippen MR) is 152 cm³/mol. The van der Waals surface area contributed by atoms with Crippen molar-refractivity contribution in [3.05, 3.63) is 63.5 Å². The van der Waals surface area contributed by atoms with Gasteiger partial charge in [-0.2, -0.15) is 13.2 Å². The molecule has 15 heteroatoms. The minimum Gasteiger partial charge on any atom is -0.477 e. The van der Waals surface area contributed by atoms with Gasteiger partial charge in [0.1, 0.15) is 20.4 Å². The van der Waals surface area contributed by atoms with Crippen LogP contribution in [0.2, 0.25) is 0 Å². The number of methoxy groups -OCH3 is 1. The average Bonchev–Trinajstić information content (AvgIpc) is 3.40. The summed E-state index contributed by atoms with van der Waals surface area (Å²) in [7, 11) is 1.49. The lowest BCUT2D eigenvalue weighted by Crippen LogP contribution is -2.28. The number of aromatic carboxylic acids is 1. The van der Waals surface area contributed by atoms with Gasteiger partial charge in [-0.1, -0.05) is 28.7 Å². The molecule has 0 saturated carbocycles. The van der Waals surface area contributed by atoms with Gasteiger partial charge in [0.15, 0.2) is 5.69 Å². The van der Waals surface area contributed by atoms with Crippen LogP contribution in [-0.4, -0.2) is 51.9 Å². The number of carbonyl (C=O) groups excluding carboxylic acids is 1. The highest BCUT2D eigenvalue weighted by molar-refractivity contribution is 14.1. The zero-order chi connectivity index (χ0) is 29.2. The van der Waals surface area contributed by atoms with Gasteiger partial charge >= 0.3 is 18.2 Å². The lowest BCUT2D eigenvalue weighted by molar-refractivity contribution is -0.140. The molecule has 3 heterocycles. The predicted octanol–water partition coefficient (Wildman–Crippen LogP) is 5.63. The number of anilines is 1. The number of rotatable bonds is 8. The molecule has 4 rings (SSSR count). The Balaban J connectivity index is 1.94. The second kappa shape index (κ2) is 11.9. The summed E-state index contributed by atoms with van der Waals surface area (Å²) in [6.45, 7) is 2.29. The Morgan fingerprint density at radius 1 is 1.25 bits per heavy atom. The van der Waals surface area contributed by atoms with Gasteiger partial charge in [-0.25, -0.2) is 19.6 Å². The Hall–Kier alpha value is -3.57. The molecule has 0 saturated heterocycles. The summed E-state index contributed by atoms with van der Waals surface area (Å²) in [6, 6.07) is 5.56. The highest BCUT2D eigenvalue weighted by atomic mass is 127. The second-order valence-corrected chi connectivity index (χ2v) is 10.6. The summed E-state index contributed by atoms with van der Waals surface area (Å²) in [4.78, 5) is 45.0. The first-order chi connectivity index (χ1) is 18.9. The Morgan fingerprint density at radius 2 is 2.00 bits per heavy atom. The molecule has 0 radical (unpaired) electrons. The molecule has 1 aromatic carbocycles. The minimum absolute atomic E-state index is 0.00731. The van der Waals surface area contributed by atoms with Crippen LogP contribution in [0.3, 0.4) is 0 Å². The number of carboxylic acids is 1. The fourth-order valence-electron chi connectivity index (χ4n) is 3.90. The number of pyridine rings is 2. The number of aromatic nitrogens is 3. The molecular weight excluding hydrogens is 666 g/mol. The maximum absolute atomic E-state index is 13.3. The first kappa shape index (κ1) is 29.4. The third-order valence-corrected chi connectivity index (χ3v) is 7.52. The number of hydrogen-bond acceptors (Lipinski definition) is 7. The number of nitrogens with one attached hydrogen (secondary N) is 2. The number of ether oxygens (including phenoxy) is 1. The maximum atomic E-state index is 13.3. The van der Waals surface area contributed by atoms with E-state index < -0.39 is 34.9 Å². The highest BCUT2D eigenvalue weighted by Crippen LogP contribution is 2.39. The van der Waals surface area contributed by atoms with E-state index in [2.05, 4.69) is 43.2 Å². The monoisotopic (exact) mass is 687 g/mol. The molecule has 2 amide bonds. The fraction of sp³-hybridized carbons (Fsp3) is 0.240. The summed E-state index contributed by atoms with van der Waals surface area (Å²) in [5, 5.41) is 15.7. The number of benzene rings is 1. The summed E-state index contributed by atoms with van der Waals surface area (Å²) < 4.78 is 46.4. The maximum Gasteiger partial charge on any atom is 0.434 e. The van der Waals surface area contributed by atoms with Crippen LogP contribution < -0.4 is 16.1 Å². The zero-order valence-electron chi connectivity index (χ0n) is 20.9. The van der Waals surface area contributed by atoms with Crippen LogP contribution >= 0.6 is 33.9 Å². The SMILES string of the molecule is CCNC(=O)Nc1cc(-c2nc(C(F)(F)F)cs2)c(-c2ccc3c(c2)c(=O)c(C(=O)O)cn3C(I)COC)cn1. The number of thiazole rings is 1. The zero-order valence-corrected chi connectivity index (χ0v) is 23.8. The van der Waals surface area contributed by atoms with Crippen molar-refractivity contribution in [1.82, 2.24) is 19.9 Å². The van der Waals surface area contributed by atoms with E-state index in [1.807, 2.05) is 0 Å². The van der Waals surface area contributed by atoms with Crippen molar-refractivity contribution < 1.29 is 32.6 Å². The Kier molecular flexibility index (Phi) is 8.74. The van der Waals surface area contributed by atoms with E-state index in [-0.39, 0.29) is 32.4 Å². The van der Waals surface area contributed by atoms with Crippen LogP contribution in [0, 0.1) is 0 Å². The number of alkyl halides is 4. The van der Waals surface area contributed by atoms with Gasteiger partial charge in [0, 0.05) is 47.9 Å². The lowest BCUT2D eigenvalue weighted by Gasteiger charge is -2.18. The number of fused-ring (bicyclic) bond motifs is 1. The third-order valence-electron chi connectivity index (χ3n) is 5.69. The van der Waals surface area contributed by atoms with E-state index in [9.17, 15) is 32.7 Å². The van der Waals surface area contributed by atoms with E-state index in [1.165, 1.54) is 31.6 Å². The molecule has 1 unspecified atom stereocenters. The summed E-state index contributed by atoms with van der Waals surface area (Å²) in [5.41, 5.74) is -0.883. The molecule has 4 aromatic rings. The number of urea groups is 1. The van der Waals surface area contributed by atoms with Gasteiger partial charge < -0.3 is 19.7 Å². The molecule has 0 spiro atoms. The molecule has 0 fully saturated rings. The molecule has 210 valence electrons. The van der Waals surface area contributed by atoms with Gasteiger partial charge in [0.05, 0.1) is 12.1 Å². The Bertz CT molecular complexity index is 1660. The number of carboxylic acid groups (broad SMARTS) is 1. The van der Waals surface area contributed by atoms with Gasteiger partial charge in [-0.15, -0.1) is 11.3 Å². The topological polar surface area (TPSA) is 135 Å². The number of amides is 2. The number of carbonyl (C=O) groups is 2. The fourth-order valence-corrected chi connectivity index (χ4v) is 5.58. The summed E-state index contributed by atoms with van der Waals surface area (Å²) >= 11 is 2.82. The first-order valence-electron chi connectivity index (χ1n) is 11.6. The van der Waals surface area contributed by atoms with Crippen molar-refractivity contribution in [2.75, 3.05) is 25.6 Å². The van der Waals surface area contributed by atoms with Crippen LogP contribution in [0.4, 0.5) is 23.8 Å². The van der Waals surface area contributed by atoms with Crippen molar-refractivity contribution in [1.29, 1.82) is 0 Å². The van der Waals surface area contributed by atoms with Crippen LogP contribution in [0.25, 0.3) is 32.6 Å². The van der Waals surface area contributed by atoms with Crippen LogP contribution in [-0.2, 0) is 10.9 Å². The highest BCUT2D eigenvalue weighted by Gasteiger charge is 2.34. The lowest BCUT2D eigenvalue weighted by atomic mass is 9.99. The van der Waals surface area contributed by atoms with E-state index in [4.69, 9.17) is 4.74 Å². The van der Waals surface area contributed by atoms with Crippen molar-refractivity contribution in [2.45, 2.75) is 17.1 Å². The smallest absolute Gasteiger partial charge is 0.434 e. The summed E-state index contributed by atoms with van der Waals surface area (Å²) in [6.07, 6.45) is -2.06. The number of halogens is 4. The Morgan fingerprint density at radius 3 is 2.62 bits per heavy atom. The molecule has 0 aliphatic rings. The standard InChI is InChI=1S/C25H21F3IN5O5S/c1-3-30-24(38)33-20-7-13(22-32-18(11-40-22)25(26,27)28)15(8-31-20)12-4-5-17-14(6-12)21(35)16(23(36)37)9-34(17)19(29)10-39-2/h4-9,11,19H,3,10H2,1-2H3,(H,36,37)(H2,30,31,33,38). The normalized spacial score (nSPS) is 12.3. The largest absolute Gasteiger partial charge is 0.477 e. The van der Waals surface area contributed by atoms with E-state index >= 15 is 0 Å². The minimum atomic E-state index is -4.66. The van der Waals surface area contributed by atoms with E-state index in [0.29, 0.717) is 23.2 Å².